The summed E-state index contributed by atoms with van der Waals surface area (Å²) in [5.74, 6) is -0.173. The van der Waals surface area contributed by atoms with Gasteiger partial charge in [0.15, 0.2) is 0 Å². The third-order valence-electron chi connectivity index (χ3n) is 14.0. The highest BCUT2D eigenvalue weighted by molar-refractivity contribution is 7.47. The van der Waals surface area contributed by atoms with Gasteiger partial charge in [-0.25, -0.2) is 4.57 Å². The molecule has 0 saturated heterocycles. The zero-order valence-electron chi connectivity index (χ0n) is 48.9. The van der Waals surface area contributed by atoms with Gasteiger partial charge in [0.05, 0.1) is 39.9 Å². The number of nitrogens with one attached hydrogen (secondary N) is 1. The van der Waals surface area contributed by atoms with Gasteiger partial charge in [0.1, 0.15) is 13.2 Å². The summed E-state index contributed by atoms with van der Waals surface area (Å²) in [7, 11) is 1.58. The first-order valence-corrected chi connectivity index (χ1v) is 32.7. The molecule has 0 radical (unpaired) electrons. The van der Waals surface area contributed by atoms with Crippen LogP contribution in [0, 0.1) is 0 Å². The van der Waals surface area contributed by atoms with Crippen molar-refractivity contribution in [2.75, 3.05) is 40.9 Å². The number of aliphatic hydroxyl groups excluding tert-OH is 1. The molecular formula is C64H122N2O6P+. The molecule has 0 aromatic rings. The Morgan fingerprint density at radius 3 is 1.21 bits per heavy atom. The van der Waals surface area contributed by atoms with Crippen LogP contribution in [0.1, 0.15) is 290 Å². The fourth-order valence-corrected chi connectivity index (χ4v) is 9.89. The van der Waals surface area contributed by atoms with Gasteiger partial charge >= 0.3 is 7.82 Å². The molecule has 0 aliphatic carbocycles. The number of quaternary nitrogens is 1. The van der Waals surface area contributed by atoms with Gasteiger partial charge in [0, 0.05) is 6.42 Å². The maximum atomic E-state index is 13.0. The van der Waals surface area contributed by atoms with Crippen molar-refractivity contribution in [3.05, 3.63) is 60.8 Å². The number of carbonyl (C=O) groups is 1. The van der Waals surface area contributed by atoms with Crippen molar-refractivity contribution in [3.8, 4) is 0 Å². The van der Waals surface area contributed by atoms with E-state index in [-0.39, 0.29) is 19.1 Å². The number of amides is 1. The highest BCUT2D eigenvalue weighted by atomic mass is 31.2. The first-order valence-electron chi connectivity index (χ1n) is 31.2. The summed E-state index contributed by atoms with van der Waals surface area (Å²) in [6.07, 6.45) is 74.9. The van der Waals surface area contributed by atoms with Gasteiger partial charge in [-0.05, 0) is 57.8 Å². The van der Waals surface area contributed by atoms with Crippen molar-refractivity contribution in [2.24, 2.45) is 0 Å². The van der Waals surface area contributed by atoms with E-state index in [0.717, 1.165) is 64.2 Å². The Bertz CT molecular complexity index is 1370. The highest BCUT2D eigenvalue weighted by Crippen LogP contribution is 2.43. The first-order chi connectivity index (χ1) is 35.5. The fourth-order valence-electron chi connectivity index (χ4n) is 9.15. The summed E-state index contributed by atoms with van der Waals surface area (Å²) in [5.41, 5.74) is 0. The zero-order valence-corrected chi connectivity index (χ0v) is 49.8. The molecule has 9 heteroatoms. The molecule has 3 unspecified atom stereocenters. The summed E-state index contributed by atoms with van der Waals surface area (Å²) in [4.78, 5) is 23.3. The SMILES string of the molecule is CC/C=C\C/C=C\C/C=C\C/C=C\CCCCCCCCCCCCCCCCCCCCCCCCC(=O)NC(COP(=O)(O)OCC[N+](C)(C)C)C(O)/C=C/CCCCCCCCCCCCCCCC. The average molecular weight is 1050 g/mol. The number of carbonyl (C=O) groups excluding carboxylic acids is 1. The predicted octanol–water partition coefficient (Wildman–Crippen LogP) is 19.3. The van der Waals surface area contributed by atoms with Crippen molar-refractivity contribution in [1.29, 1.82) is 0 Å². The molecule has 0 fully saturated rings. The summed E-state index contributed by atoms with van der Waals surface area (Å²) >= 11 is 0. The van der Waals surface area contributed by atoms with E-state index < -0.39 is 20.0 Å². The fraction of sp³-hybridized carbons (Fsp3) is 0.828. The molecule has 0 aromatic carbocycles. The number of rotatable bonds is 57. The van der Waals surface area contributed by atoms with Crippen LogP contribution in [0.3, 0.4) is 0 Å². The number of nitrogens with zero attached hydrogens (tertiary/aromatic N) is 1. The van der Waals surface area contributed by atoms with Gasteiger partial charge in [-0.3, -0.25) is 13.8 Å². The second-order valence-electron chi connectivity index (χ2n) is 22.4. The monoisotopic (exact) mass is 1050 g/mol. The van der Waals surface area contributed by atoms with Crippen LogP contribution in [0.5, 0.6) is 0 Å². The van der Waals surface area contributed by atoms with E-state index in [1.165, 1.54) is 205 Å². The quantitative estimate of drug-likeness (QED) is 0.0243. The molecule has 0 aliphatic heterocycles. The highest BCUT2D eigenvalue weighted by Gasteiger charge is 2.27. The number of unbranched alkanes of at least 4 members (excludes halogenated alkanes) is 36. The summed E-state index contributed by atoms with van der Waals surface area (Å²) < 4.78 is 23.7. The molecule has 73 heavy (non-hydrogen) atoms. The van der Waals surface area contributed by atoms with Gasteiger partial charge in [0.25, 0.3) is 0 Å². The molecule has 0 aliphatic rings. The first kappa shape index (κ1) is 71.2. The minimum Gasteiger partial charge on any atom is -0.387 e. The number of phosphoric acid groups is 1. The summed E-state index contributed by atoms with van der Waals surface area (Å²) in [5, 5.41) is 13.9. The van der Waals surface area contributed by atoms with Crippen LogP contribution >= 0.6 is 7.82 Å². The van der Waals surface area contributed by atoms with E-state index >= 15 is 0 Å². The maximum absolute atomic E-state index is 13.0. The normalized spacial score (nSPS) is 14.2. The van der Waals surface area contributed by atoms with E-state index in [9.17, 15) is 19.4 Å². The van der Waals surface area contributed by atoms with Crippen molar-refractivity contribution < 1.29 is 32.9 Å². The van der Waals surface area contributed by atoms with Crippen LogP contribution in [-0.2, 0) is 18.4 Å². The maximum Gasteiger partial charge on any atom is 0.472 e. The Balaban J connectivity index is 3.99. The number of phosphoric ester groups is 1. The molecule has 0 rings (SSSR count). The number of allylic oxidation sites excluding steroid dienone is 9. The van der Waals surface area contributed by atoms with Crippen LogP contribution in [-0.4, -0.2) is 73.4 Å². The predicted molar refractivity (Wildman–Crippen MR) is 318 cm³/mol. The molecule has 0 spiro atoms. The lowest BCUT2D eigenvalue weighted by molar-refractivity contribution is -0.870. The van der Waals surface area contributed by atoms with Crippen molar-refractivity contribution in [3.63, 3.8) is 0 Å². The molecule has 0 aromatic heterocycles. The number of likely N-dealkylation sites (N-methyl/N-ethyl adjacent to an activating group) is 1. The van der Waals surface area contributed by atoms with Gasteiger partial charge in [-0.1, -0.05) is 286 Å². The van der Waals surface area contributed by atoms with Crippen LogP contribution < -0.4 is 5.32 Å². The Hall–Kier alpha value is -1.80. The third-order valence-corrected chi connectivity index (χ3v) is 15.0. The second kappa shape index (κ2) is 55.0. The van der Waals surface area contributed by atoms with E-state index in [2.05, 4.69) is 67.8 Å². The molecule has 428 valence electrons. The van der Waals surface area contributed by atoms with Crippen molar-refractivity contribution in [1.82, 2.24) is 5.32 Å². The Morgan fingerprint density at radius 1 is 0.479 bits per heavy atom. The topological polar surface area (TPSA) is 105 Å². The molecule has 1 amide bonds. The molecule has 3 N–H and O–H groups in total. The minimum atomic E-state index is -4.35. The van der Waals surface area contributed by atoms with Crippen molar-refractivity contribution in [2.45, 2.75) is 302 Å². The standard InChI is InChI=1S/C64H121N2O6P/c1-6-8-10-12-14-16-18-20-22-24-25-26-27-28-29-30-31-32-33-34-35-36-37-38-39-40-41-42-44-46-48-50-52-54-56-58-64(68)65-62(61-72-73(69,70)71-60-59-66(3,4)5)63(67)57-55-53-51-49-47-45-43-23-21-19-17-15-13-11-9-7-2/h8,10,14,16,20,22,25-26,55,57,62-63,67H,6-7,9,11-13,15,17-19,21,23-24,27-54,56,58-61H2,1-5H3,(H-,65,68,69,70)/p+1/b10-8-,16-14-,22-20-,26-25-,57-55+. The molecule has 0 heterocycles. The Labute approximate surface area is 453 Å². The minimum absolute atomic E-state index is 0.0623. The smallest absolute Gasteiger partial charge is 0.387 e. The lowest BCUT2D eigenvalue weighted by Crippen LogP contribution is -2.45. The van der Waals surface area contributed by atoms with E-state index in [1.807, 2.05) is 27.2 Å². The van der Waals surface area contributed by atoms with E-state index in [4.69, 9.17) is 9.05 Å². The Morgan fingerprint density at radius 2 is 0.822 bits per heavy atom. The largest absolute Gasteiger partial charge is 0.472 e. The van der Waals surface area contributed by atoms with E-state index in [0.29, 0.717) is 17.4 Å². The lowest BCUT2D eigenvalue weighted by Gasteiger charge is -2.25. The molecule has 0 bridgehead atoms. The van der Waals surface area contributed by atoms with Crippen LogP contribution in [0.25, 0.3) is 0 Å². The third kappa shape index (κ3) is 57.7. The molecule has 8 nitrogen and oxygen atoms in total. The number of aliphatic hydroxyl groups is 1. The number of hydrogen-bond donors (Lipinski definition) is 3. The molecule has 3 atom stereocenters. The van der Waals surface area contributed by atoms with Gasteiger partial charge in [0.2, 0.25) is 5.91 Å². The van der Waals surface area contributed by atoms with E-state index in [1.54, 1.807) is 6.08 Å². The van der Waals surface area contributed by atoms with Crippen LogP contribution in [0.15, 0.2) is 60.8 Å². The second-order valence-corrected chi connectivity index (χ2v) is 23.9. The zero-order chi connectivity index (χ0) is 53.5. The molecular weight excluding hydrogens is 924 g/mol. The lowest BCUT2D eigenvalue weighted by atomic mass is 10.0. The van der Waals surface area contributed by atoms with Gasteiger partial charge in [-0.15, -0.1) is 0 Å². The average Bonchev–Trinajstić information content (AvgIpc) is 3.35. The number of hydrogen-bond acceptors (Lipinski definition) is 5. The summed E-state index contributed by atoms with van der Waals surface area (Å²) in [6.45, 7) is 4.73. The van der Waals surface area contributed by atoms with Crippen molar-refractivity contribution >= 4 is 13.7 Å². The summed E-state index contributed by atoms with van der Waals surface area (Å²) in [6, 6.07) is -0.846. The van der Waals surface area contributed by atoms with Gasteiger partial charge < -0.3 is 19.8 Å². The van der Waals surface area contributed by atoms with Crippen LogP contribution in [0.4, 0.5) is 0 Å². The Kier molecular flexibility index (Phi) is 53.6. The molecule has 0 saturated carbocycles. The van der Waals surface area contributed by atoms with Gasteiger partial charge in [-0.2, -0.15) is 0 Å². The van der Waals surface area contributed by atoms with Crippen LogP contribution in [0.2, 0.25) is 0 Å².